The van der Waals surface area contributed by atoms with Crippen LogP contribution in [-0.4, -0.2) is 44.1 Å². The van der Waals surface area contributed by atoms with Crippen molar-refractivity contribution < 1.29 is 28.6 Å². The first-order valence-corrected chi connectivity index (χ1v) is 15.1. The quantitative estimate of drug-likeness (QED) is 0.183. The SMILES string of the molecule is CCCOc1ccc(C(=O)Nc2sc3c(c2C(=O)NCCOC(=O)c2ccc(OCCC)cc2)CCC(C)C3)cc1. The van der Waals surface area contributed by atoms with E-state index in [1.165, 1.54) is 11.3 Å². The van der Waals surface area contributed by atoms with Gasteiger partial charge in [0.2, 0.25) is 0 Å². The van der Waals surface area contributed by atoms with Crippen molar-refractivity contribution in [3.8, 4) is 11.5 Å². The Morgan fingerprint density at radius 1 is 0.854 bits per heavy atom. The Balaban J connectivity index is 1.37. The van der Waals surface area contributed by atoms with E-state index in [2.05, 4.69) is 17.6 Å². The summed E-state index contributed by atoms with van der Waals surface area (Å²) < 4.78 is 16.5. The van der Waals surface area contributed by atoms with E-state index in [0.717, 1.165) is 42.5 Å². The molecule has 4 rings (SSSR count). The molecule has 2 amide bonds. The monoisotopic (exact) mass is 578 g/mol. The predicted molar refractivity (Wildman–Crippen MR) is 161 cm³/mol. The van der Waals surface area contributed by atoms with Crippen LogP contribution in [0.5, 0.6) is 11.5 Å². The first kappa shape index (κ1) is 30.1. The average Bonchev–Trinajstić information content (AvgIpc) is 3.34. The van der Waals surface area contributed by atoms with Gasteiger partial charge in [0.15, 0.2) is 0 Å². The molecule has 0 radical (unpaired) electrons. The minimum Gasteiger partial charge on any atom is -0.494 e. The van der Waals surface area contributed by atoms with Crippen LogP contribution in [0.1, 0.15) is 81.5 Å². The number of hydrogen-bond acceptors (Lipinski definition) is 7. The number of nitrogens with one attached hydrogen (secondary N) is 2. The van der Waals surface area contributed by atoms with Gasteiger partial charge in [-0.2, -0.15) is 0 Å². The van der Waals surface area contributed by atoms with Crippen molar-refractivity contribution in [2.24, 2.45) is 5.92 Å². The standard InChI is InChI=1S/C32H38N2O6S/c1-4-17-38-24-11-7-22(8-12-24)29(35)34-31-28(26-15-6-21(3)20-27(26)41-31)30(36)33-16-19-40-32(37)23-9-13-25(14-10-23)39-18-5-2/h7-14,21H,4-6,15-20H2,1-3H3,(H,33,36)(H,34,35). The van der Waals surface area contributed by atoms with Gasteiger partial charge in [-0.3, -0.25) is 9.59 Å². The fourth-order valence-electron chi connectivity index (χ4n) is 4.56. The molecule has 2 aromatic carbocycles. The summed E-state index contributed by atoms with van der Waals surface area (Å²) in [7, 11) is 0. The second-order valence-electron chi connectivity index (χ2n) is 10.1. The maximum Gasteiger partial charge on any atom is 0.338 e. The topological polar surface area (TPSA) is 103 Å². The van der Waals surface area contributed by atoms with Crippen LogP contribution in [0.4, 0.5) is 5.00 Å². The molecule has 0 fully saturated rings. The van der Waals surface area contributed by atoms with Crippen molar-refractivity contribution in [3.05, 3.63) is 75.7 Å². The number of benzene rings is 2. The molecule has 41 heavy (non-hydrogen) atoms. The van der Waals surface area contributed by atoms with Crippen molar-refractivity contribution in [2.75, 3.05) is 31.7 Å². The third kappa shape index (κ3) is 8.10. The van der Waals surface area contributed by atoms with E-state index in [0.29, 0.717) is 52.3 Å². The number of amides is 2. The Morgan fingerprint density at radius 3 is 2.07 bits per heavy atom. The Bertz CT molecular complexity index is 1330. The number of ether oxygens (including phenoxy) is 3. The second-order valence-corrected chi connectivity index (χ2v) is 11.3. The van der Waals surface area contributed by atoms with Crippen LogP contribution in [-0.2, 0) is 17.6 Å². The lowest BCUT2D eigenvalue weighted by molar-refractivity contribution is 0.0503. The number of fused-ring (bicyclic) bond motifs is 1. The highest BCUT2D eigenvalue weighted by molar-refractivity contribution is 7.17. The normalized spacial score (nSPS) is 14.1. The van der Waals surface area contributed by atoms with Gasteiger partial charge in [-0.15, -0.1) is 11.3 Å². The molecule has 0 aliphatic heterocycles. The second kappa shape index (κ2) is 14.7. The lowest BCUT2D eigenvalue weighted by atomic mass is 9.88. The molecular formula is C32H38N2O6S. The first-order chi connectivity index (χ1) is 19.9. The minimum absolute atomic E-state index is 0.0240. The van der Waals surface area contributed by atoms with Crippen molar-refractivity contribution >= 4 is 34.1 Å². The molecule has 1 unspecified atom stereocenters. The Hall–Kier alpha value is -3.85. The Labute approximate surface area is 245 Å². The van der Waals surface area contributed by atoms with Crippen LogP contribution in [0.3, 0.4) is 0 Å². The van der Waals surface area contributed by atoms with Gasteiger partial charge in [0.1, 0.15) is 23.1 Å². The van der Waals surface area contributed by atoms with Crippen LogP contribution in [0, 0.1) is 5.92 Å². The fourth-order valence-corrected chi connectivity index (χ4v) is 5.97. The minimum atomic E-state index is -0.470. The van der Waals surface area contributed by atoms with Gasteiger partial charge in [0, 0.05) is 10.4 Å². The predicted octanol–water partition coefficient (Wildman–Crippen LogP) is 6.29. The van der Waals surface area contributed by atoms with Crippen LogP contribution in [0.25, 0.3) is 0 Å². The first-order valence-electron chi connectivity index (χ1n) is 14.3. The maximum atomic E-state index is 13.4. The Kier molecular flexibility index (Phi) is 10.8. The van der Waals surface area contributed by atoms with Crippen LogP contribution >= 0.6 is 11.3 Å². The Morgan fingerprint density at radius 2 is 1.46 bits per heavy atom. The number of anilines is 1. The molecule has 0 saturated heterocycles. The van der Waals surface area contributed by atoms with Crippen LogP contribution in [0.15, 0.2) is 48.5 Å². The summed E-state index contributed by atoms with van der Waals surface area (Å²) in [6.45, 7) is 7.66. The third-order valence-electron chi connectivity index (χ3n) is 6.74. The summed E-state index contributed by atoms with van der Waals surface area (Å²) in [6.07, 6.45) is 4.44. The van der Waals surface area contributed by atoms with Crippen LogP contribution in [0.2, 0.25) is 0 Å². The zero-order valence-electron chi connectivity index (χ0n) is 23.9. The molecule has 1 aliphatic rings. The number of esters is 1. The van der Waals surface area contributed by atoms with E-state index in [-0.39, 0.29) is 25.0 Å². The molecule has 1 heterocycles. The summed E-state index contributed by atoms with van der Waals surface area (Å²) in [4.78, 5) is 40.0. The average molecular weight is 579 g/mol. The van der Waals surface area contributed by atoms with Crippen LogP contribution < -0.4 is 20.1 Å². The molecule has 218 valence electrons. The molecule has 3 aromatic rings. The lowest BCUT2D eigenvalue weighted by Crippen LogP contribution is -2.29. The van der Waals surface area contributed by atoms with E-state index < -0.39 is 5.97 Å². The molecule has 0 spiro atoms. The lowest BCUT2D eigenvalue weighted by Gasteiger charge is -2.18. The number of carbonyl (C=O) groups excluding carboxylic acids is 3. The molecule has 0 saturated carbocycles. The van der Waals surface area contributed by atoms with E-state index in [4.69, 9.17) is 14.2 Å². The smallest absolute Gasteiger partial charge is 0.338 e. The van der Waals surface area contributed by atoms with Gasteiger partial charge in [0.25, 0.3) is 11.8 Å². The molecule has 1 aliphatic carbocycles. The summed E-state index contributed by atoms with van der Waals surface area (Å²) in [5.74, 6) is 0.884. The summed E-state index contributed by atoms with van der Waals surface area (Å²) in [5, 5.41) is 6.38. The highest BCUT2D eigenvalue weighted by atomic mass is 32.1. The molecule has 0 bridgehead atoms. The fraction of sp³-hybridized carbons (Fsp3) is 0.406. The highest BCUT2D eigenvalue weighted by Crippen LogP contribution is 2.40. The van der Waals surface area contributed by atoms with E-state index >= 15 is 0 Å². The largest absolute Gasteiger partial charge is 0.494 e. The third-order valence-corrected chi connectivity index (χ3v) is 7.91. The molecule has 9 heteroatoms. The molecule has 1 atom stereocenters. The van der Waals surface area contributed by atoms with Gasteiger partial charge in [0.05, 0.1) is 30.9 Å². The van der Waals surface area contributed by atoms with Gasteiger partial charge >= 0.3 is 5.97 Å². The van der Waals surface area contributed by atoms with Crippen molar-refractivity contribution in [2.45, 2.75) is 52.9 Å². The van der Waals surface area contributed by atoms with Crippen molar-refractivity contribution in [1.29, 1.82) is 0 Å². The van der Waals surface area contributed by atoms with Crippen molar-refractivity contribution in [3.63, 3.8) is 0 Å². The zero-order chi connectivity index (χ0) is 29.2. The van der Waals surface area contributed by atoms with Gasteiger partial charge in [-0.25, -0.2) is 4.79 Å². The summed E-state index contributed by atoms with van der Waals surface area (Å²) >= 11 is 1.47. The van der Waals surface area contributed by atoms with E-state index in [9.17, 15) is 14.4 Å². The van der Waals surface area contributed by atoms with Crippen molar-refractivity contribution in [1.82, 2.24) is 5.32 Å². The van der Waals surface area contributed by atoms with Gasteiger partial charge in [-0.1, -0.05) is 20.8 Å². The molecule has 8 nitrogen and oxygen atoms in total. The maximum absolute atomic E-state index is 13.4. The van der Waals surface area contributed by atoms with E-state index in [1.807, 2.05) is 13.8 Å². The van der Waals surface area contributed by atoms with Gasteiger partial charge < -0.3 is 24.8 Å². The number of thiophene rings is 1. The summed E-state index contributed by atoms with van der Waals surface area (Å²) in [5.41, 5.74) is 2.39. The zero-order valence-corrected chi connectivity index (χ0v) is 24.7. The number of rotatable bonds is 13. The number of carbonyl (C=O) groups is 3. The molecule has 1 aromatic heterocycles. The van der Waals surface area contributed by atoms with Gasteiger partial charge in [-0.05, 0) is 92.1 Å². The number of hydrogen-bond donors (Lipinski definition) is 2. The van der Waals surface area contributed by atoms with E-state index in [1.54, 1.807) is 48.5 Å². The highest BCUT2D eigenvalue weighted by Gasteiger charge is 2.28. The molecular weight excluding hydrogens is 540 g/mol. The summed E-state index contributed by atoms with van der Waals surface area (Å²) in [6, 6.07) is 13.8. The molecule has 2 N–H and O–H groups in total.